The van der Waals surface area contributed by atoms with Gasteiger partial charge in [-0.15, -0.1) is 0 Å². The highest BCUT2D eigenvalue weighted by Crippen LogP contribution is 2.20. The molecule has 0 spiro atoms. The molecule has 1 aromatic heterocycles. The van der Waals surface area contributed by atoms with Crippen LogP contribution >= 0.6 is 0 Å². The van der Waals surface area contributed by atoms with Crippen LogP contribution in [-0.4, -0.2) is 23.1 Å². The average molecular weight is 401 g/mol. The SMILES string of the molecule is CCOC(=O)c1cn(Cc2cccc(C#N)c2)cc1Cc1ccc(NC(C)=O)cc1. The number of hydrogen-bond donors (Lipinski definition) is 1. The molecule has 0 atom stereocenters. The number of carbonyl (C=O) groups excluding carboxylic acids is 2. The van der Waals surface area contributed by atoms with Crippen molar-refractivity contribution in [3.8, 4) is 6.07 Å². The molecular weight excluding hydrogens is 378 g/mol. The summed E-state index contributed by atoms with van der Waals surface area (Å²) in [5, 5.41) is 11.8. The van der Waals surface area contributed by atoms with E-state index in [9.17, 15) is 9.59 Å². The summed E-state index contributed by atoms with van der Waals surface area (Å²) in [5.41, 5.74) is 4.71. The van der Waals surface area contributed by atoms with Crippen molar-refractivity contribution in [1.82, 2.24) is 4.57 Å². The van der Waals surface area contributed by atoms with Gasteiger partial charge in [0.25, 0.3) is 0 Å². The van der Waals surface area contributed by atoms with Gasteiger partial charge in [0.15, 0.2) is 0 Å². The summed E-state index contributed by atoms with van der Waals surface area (Å²) in [7, 11) is 0. The molecule has 0 fully saturated rings. The number of nitrogens with one attached hydrogen (secondary N) is 1. The minimum Gasteiger partial charge on any atom is -0.462 e. The number of esters is 1. The van der Waals surface area contributed by atoms with E-state index in [2.05, 4.69) is 11.4 Å². The van der Waals surface area contributed by atoms with Crippen LogP contribution in [0, 0.1) is 11.3 Å². The van der Waals surface area contributed by atoms with Crippen LogP contribution < -0.4 is 5.32 Å². The highest BCUT2D eigenvalue weighted by molar-refractivity contribution is 5.91. The fourth-order valence-electron chi connectivity index (χ4n) is 3.26. The maximum Gasteiger partial charge on any atom is 0.339 e. The summed E-state index contributed by atoms with van der Waals surface area (Å²) in [6.45, 7) is 4.10. The Morgan fingerprint density at radius 3 is 2.53 bits per heavy atom. The van der Waals surface area contributed by atoms with Crippen molar-refractivity contribution in [3.05, 3.63) is 88.7 Å². The third kappa shape index (κ3) is 5.36. The highest BCUT2D eigenvalue weighted by atomic mass is 16.5. The monoisotopic (exact) mass is 401 g/mol. The first-order valence-corrected chi connectivity index (χ1v) is 9.70. The zero-order valence-corrected chi connectivity index (χ0v) is 17.0. The number of nitrogens with zero attached hydrogens (tertiary/aromatic N) is 2. The van der Waals surface area contributed by atoms with Gasteiger partial charge in [0.05, 0.1) is 23.8 Å². The van der Waals surface area contributed by atoms with Crippen LogP contribution in [0.2, 0.25) is 0 Å². The largest absolute Gasteiger partial charge is 0.462 e. The predicted octanol–water partition coefficient (Wildman–Crippen LogP) is 4.13. The Labute approximate surface area is 175 Å². The maximum atomic E-state index is 12.5. The van der Waals surface area contributed by atoms with Gasteiger partial charge in [-0.2, -0.15) is 5.26 Å². The lowest BCUT2D eigenvalue weighted by Gasteiger charge is -2.06. The molecule has 6 nitrogen and oxygen atoms in total. The molecule has 1 heterocycles. The minimum absolute atomic E-state index is 0.120. The van der Waals surface area contributed by atoms with E-state index >= 15 is 0 Å². The Kier molecular flexibility index (Phi) is 6.66. The molecule has 2 aromatic carbocycles. The van der Waals surface area contributed by atoms with Crippen LogP contribution in [0.1, 0.15) is 46.5 Å². The number of ether oxygens (including phenoxy) is 1. The molecule has 1 N–H and O–H groups in total. The van der Waals surface area contributed by atoms with Crippen LogP contribution in [0.4, 0.5) is 5.69 Å². The molecule has 0 saturated carbocycles. The normalized spacial score (nSPS) is 10.3. The van der Waals surface area contributed by atoms with Crippen LogP contribution in [0.15, 0.2) is 60.9 Å². The number of aromatic nitrogens is 1. The molecule has 30 heavy (non-hydrogen) atoms. The number of nitriles is 1. The topological polar surface area (TPSA) is 84.1 Å². The summed E-state index contributed by atoms with van der Waals surface area (Å²) in [5.74, 6) is -0.475. The molecule has 6 heteroatoms. The van der Waals surface area contributed by atoms with Gasteiger partial charge in [0.1, 0.15) is 0 Å². The molecule has 0 bridgehead atoms. The van der Waals surface area contributed by atoms with Gasteiger partial charge in [-0.1, -0.05) is 24.3 Å². The van der Waals surface area contributed by atoms with Gasteiger partial charge >= 0.3 is 5.97 Å². The highest BCUT2D eigenvalue weighted by Gasteiger charge is 2.16. The van der Waals surface area contributed by atoms with Crippen molar-refractivity contribution in [1.29, 1.82) is 5.26 Å². The van der Waals surface area contributed by atoms with E-state index in [0.29, 0.717) is 30.7 Å². The first-order chi connectivity index (χ1) is 14.5. The summed E-state index contributed by atoms with van der Waals surface area (Å²) in [4.78, 5) is 23.7. The molecule has 3 rings (SSSR count). The first kappa shape index (κ1) is 20.9. The number of anilines is 1. The summed E-state index contributed by atoms with van der Waals surface area (Å²) in [6, 6.07) is 17.1. The van der Waals surface area contributed by atoms with E-state index in [0.717, 1.165) is 22.4 Å². The van der Waals surface area contributed by atoms with E-state index in [1.54, 1.807) is 19.2 Å². The van der Waals surface area contributed by atoms with Crippen molar-refractivity contribution >= 4 is 17.6 Å². The lowest BCUT2D eigenvalue weighted by molar-refractivity contribution is -0.114. The van der Waals surface area contributed by atoms with E-state index in [4.69, 9.17) is 10.00 Å². The molecule has 3 aromatic rings. The predicted molar refractivity (Wildman–Crippen MR) is 114 cm³/mol. The number of rotatable bonds is 7. The molecule has 0 aliphatic heterocycles. The van der Waals surface area contributed by atoms with Gasteiger partial charge in [-0.05, 0) is 54.3 Å². The Morgan fingerprint density at radius 1 is 1.10 bits per heavy atom. The van der Waals surface area contributed by atoms with E-state index in [1.165, 1.54) is 6.92 Å². The smallest absolute Gasteiger partial charge is 0.339 e. The minimum atomic E-state index is -0.355. The summed E-state index contributed by atoms with van der Waals surface area (Å²) in [6.07, 6.45) is 4.28. The van der Waals surface area contributed by atoms with Gasteiger partial charge in [-0.25, -0.2) is 4.79 Å². The fraction of sp³-hybridized carbons (Fsp3) is 0.208. The number of amides is 1. The fourth-order valence-corrected chi connectivity index (χ4v) is 3.26. The van der Waals surface area contributed by atoms with E-state index in [-0.39, 0.29) is 11.9 Å². The van der Waals surface area contributed by atoms with Gasteiger partial charge in [0, 0.05) is 31.5 Å². The molecule has 0 unspecified atom stereocenters. The van der Waals surface area contributed by atoms with Crippen LogP contribution in [0.3, 0.4) is 0 Å². The van der Waals surface area contributed by atoms with Crippen molar-refractivity contribution < 1.29 is 14.3 Å². The van der Waals surface area contributed by atoms with Crippen molar-refractivity contribution in [2.75, 3.05) is 11.9 Å². The van der Waals surface area contributed by atoms with Crippen LogP contribution in [0.25, 0.3) is 0 Å². The second kappa shape index (κ2) is 9.57. The second-order valence-corrected chi connectivity index (χ2v) is 6.96. The van der Waals surface area contributed by atoms with Crippen LogP contribution in [-0.2, 0) is 22.5 Å². The van der Waals surface area contributed by atoms with Gasteiger partial charge in [0.2, 0.25) is 5.91 Å². The molecule has 0 aliphatic rings. The Hall–Kier alpha value is -3.85. The molecule has 0 saturated heterocycles. The van der Waals surface area contributed by atoms with Crippen molar-refractivity contribution in [2.45, 2.75) is 26.8 Å². The van der Waals surface area contributed by atoms with Gasteiger partial charge < -0.3 is 14.6 Å². The van der Waals surface area contributed by atoms with E-state index in [1.807, 2.05) is 53.2 Å². The van der Waals surface area contributed by atoms with Crippen LogP contribution in [0.5, 0.6) is 0 Å². The lowest BCUT2D eigenvalue weighted by atomic mass is 10.0. The third-order valence-electron chi connectivity index (χ3n) is 4.55. The second-order valence-electron chi connectivity index (χ2n) is 6.96. The Balaban J connectivity index is 1.85. The van der Waals surface area contributed by atoms with Crippen molar-refractivity contribution in [3.63, 3.8) is 0 Å². The van der Waals surface area contributed by atoms with Crippen molar-refractivity contribution in [2.24, 2.45) is 0 Å². The summed E-state index contributed by atoms with van der Waals surface area (Å²) < 4.78 is 7.16. The lowest BCUT2D eigenvalue weighted by Crippen LogP contribution is -2.07. The number of carbonyl (C=O) groups is 2. The van der Waals surface area contributed by atoms with Gasteiger partial charge in [-0.3, -0.25) is 4.79 Å². The van der Waals surface area contributed by atoms with E-state index < -0.39 is 0 Å². The zero-order valence-electron chi connectivity index (χ0n) is 17.0. The Bertz CT molecular complexity index is 1090. The first-order valence-electron chi connectivity index (χ1n) is 9.70. The quantitative estimate of drug-likeness (QED) is 0.603. The maximum absolute atomic E-state index is 12.5. The number of hydrogen-bond acceptors (Lipinski definition) is 4. The molecule has 0 aliphatic carbocycles. The molecule has 1 amide bonds. The Morgan fingerprint density at radius 2 is 1.87 bits per heavy atom. The zero-order chi connectivity index (χ0) is 21.5. The standard InChI is InChI=1S/C24H23N3O3/c1-3-30-24(29)23-16-27(14-20-6-4-5-19(11-20)13-25)15-21(23)12-18-7-9-22(10-8-18)26-17(2)28/h4-11,15-16H,3,12,14H2,1-2H3,(H,26,28). The molecule has 0 radical (unpaired) electrons. The molecule has 152 valence electrons. The third-order valence-corrected chi connectivity index (χ3v) is 4.55. The molecular formula is C24H23N3O3. The number of benzene rings is 2. The summed E-state index contributed by atoms with van der Waals surface area (Å²) >= 11 is 0. The average Bonchev–Trinajstić information content (AvgIpc) is 3.11.